The molecule has 0 N–H and O–H groups in total. The van der Waals surface area contributed by atoms with Crippen LogP contribution in [0.1, 0.15) is 31.2 Å². The molecule has 0 radical (unpaired) electrons. The second kappa shape index (κ2) is 5.48. The van der Waals surface area contributed by atoms with Crippen molar-refractivity contribution in [3.8, 4) is 11.6 Å². The summed E-state index contributed by atoms with van der Waals surface area (Å²) in [4.78, 5) is 8.71. The largest absolute Gasteiger partial charge is 0.439 e. The van der Waals surface area contributed by atoms with Crippen molar-refractivity contribution in [3.05, 3.63) is 46.3 Å². The zero-order valence-electron chi connectivity index (χ0n) is 10.6. The van der Waals surface area contributed by atoms with Crippen LogP contribution in [0.15, 0.2) is 34.9 Å². The molecule has 94 valence electrons. The number of benzene rings is 1. The molecule has 2 aromatic rings. The number of halogens is 1. The summed E-state index contributed by atoms with van der Waals surface area (Å²) in [5, 5.41) is 0. The SMILES string of the molecule is Cc1cccc(Oc2cc(Br)nc(C(C)C)n2)c1. The first-order valence-electron chi connectivity index (χ1n) is 5.83. The molecule has 0 amide bonds. The molecule has 1 heterocycles. The molecule has 0 saturated carbocycles. The molecular weight excluding hydrogens is 292 g/mol. The van der Waals surface area contributed by atoms with E-state index in [0.29, 0.717) is 5.88 Å². The van der Waals surface area contributed by atoms with Gasteiger partial charge < -0.3 is 4.74 Å². The van der Waals surface area contributed by atoms with Gasteiger partial charge in [0.25, 0.3) is 0 Å². The van der Waals surface area contributed by atoms with E-state index in [9.17, 15) is 0 Å². The number of hydrogen-bond acceptors (Lipinski definition) is 3. The zero-order valence-corrected chi connectivity index (χ0v) is 12.2. The predicted molar refractivity (Wildman–Crippen MR) is 75.1 cm³/mol. The summed E-state index contributed by atoms with van der Waals surface area (Å²) in [6.45, 7) is 6.14. The van der Waals surface area contributed by atoms with Gasteiger partial charge in [-0.1, -0.05) is 26.0 Å². The van der Waals surface area contributed by atoms with Crippen molar-refractivity contribution in [2.75, 3.05) is 0 Å². The molecule has 0 atom stereocenters. The third-order valence-electron chi connectivity index (χ3n) is 2.42. The van der Waals surface area contributed by atoms with Crippen LogP contribution in [0.5, 0.6) is 11.6 Å². The van der Waals surface area contributed by atoms with Crippen molar-refractivity contribution in [2.45, 2.75) is 26.7 Å². The first-order chi connectivity index (χ1) is 8.54. The Bertz CT molecular complexity index is 555. The van der Waals surface area contributed by atoms with Crippen LogP contribution in [0.4, 0.5) is 0 Å². The standard InChI is InChI=1S/C14H15BrN2O/c1-9(2)14-16-12(15)8-13(17-14)18-11-6-4-5-10(3)7-11/h4-9H,1-3H3. The minimum absolute atomic E-state index is 0.266. The van der Waals surface area contributed by atoms with Gasteiger partial charge in [0.2, 0.25) is 5.88 Å². The van der Waals surface area contributed by atoms with Crippen molar-refractivity contribution >= 4 is 15.9 Å². The van der Waals surface area contributed by atoms with E-state index in [1.54, 1.807) is 6.07 Å². The summed E-state index contributed by atoms with van der Waals surface area (Å²) in [5.41, 5.74) is 1.16. The zero-order chi connectivity index (χ0) is 13.1. The van der Waals surface area contributed by atoms with Crippen LogP contribution in [0.2, 0.25) is 0 Å². The Kier molecular flexibility index (Phi) is 3.97. The van der Waals surface area contributed by atoms with Crippen LogP contribution in [-0.2, 0) is 0 Å². The number of rotatable bonds is 3. The summed E-state index contributed by atoms with van der Waals surface area (Å²) in [6, 6.07) is 9.66. The third-order valence-corrected chi connectivity index (χ3v) is 2.82. The van der Waals surface area contributed by atoms with E-state index in [1.807, 2.05) is 31.2 Å². The lowest BCUT2D eigenvalue weighted by Crippen LogP contribution is -1.99. The fraction of sp³-hybridized carbons (Fsp3) is 0.286. The lowest BCUT2D eigenvalue weighted by atomic mass is 10.2. The third kappa shape index (κ3) is 3.29. The van der Waals surface area contributed by atoms with Crippen molar-refractivity contribution < 1.29 is 4.74 Å². The molecule has 4 heteroatoms. The van der Waals surface area contributed by atoms with Crippen LogP contribution < -0.4 is 4.74 Å². The first-order valence-corrected chi connectivity index (χ1v) is 6.63. The first kappa shape index (κ1) is 13.0. The second-order valence-electron chi connectivity index (χ2n) is 4.46. The topological polar surface area (TPSA) is 35.0 Å². The van der Waals surface area contributed by atoms with Gasteiger partial charge in [0.05, 0.1) is 0 Å². The van der Waals surface area contributed by atoms with Crippen LogP contribution in [-0.4, -0.2) is 9.97 Å². The Morgan fingerprint density at radius 3 is 2.61 bits per heavy atom. The number of ether oxygens (including phenoxy) is 1. The summed E-state index contributed by atoms with van der Waals surface area (Å²) >= 11 is 3.38. The molecule has 2 rings (SSSR count). The average molecular weight is 307 g/mol. The quantitative estimate of drug-likeness (QED) is 0.785. The smallest absolute Gasteiger partial charge is 0.223 e. The van der Waals surface area contributed by atoms with E-state index >= 15 is 0 Å². The maximum absolute atomic E-state index is 5.75. The van der Waals surface area contributed by atoms with E-state index < -0.39 is 0 Å². The van der Waals surface area contributed by atoms with Crippen LogP contribution in [0.25, 0.3) is 0 Å². The van der Waals surface area contributed by atoms with E-state index in [2.05, 4.69) is 39.7 Å². The van der Waals surface area contributed by atoms with Crippen molar-refractivity contribution in [2.24, 2.45) is 0 Å². The number of aromatic nitrogens is 2. The Morgan fingerprint density at radius 2 is 1.94 bits per heavy atom. The molecule has 0 spiro atoms. The molecular formula is C14H15BrN2O. The Morgan fingerprint density at radius 1 is 1.17 bits per heavy atom. The van der Waals surface area contributed by atoms with Crippen molar-refractivity contribution in [1.82, 2.24) is 9.97 Å². The summed E-state index contributed by atoms with van der Waals surface area (Å²) in [6.07, 6.45) is 0. The Hall–Kier alpha value is -1.42. The lowest BCUT2D eigenvalue weighted by Gasteiger charge is -2.09. The van der Waals surface area contributed by atoms with Gasteiger partial charge >= 0.3 is 0 Å². The van der Waals surface area contributed by atoms with Gasteiger partial charge in [-0.2, -0.15) is 4.98 Å². The molecule has 0 aliphatic heterocycles. The predicted octanol–water partition coefficient (Wildman–Crippen LogP) is 4.46. The molecule has 0 aliphatic carbocycles. The molecule has 0 saturated heterocycles. The van der Waals surface area contributed by atoms with E-state index in [4.69, 9.17) is 4.74 Å². The fourth-order valence-corrected chi connectivity index (χ4v) is 1.90. The molecule has 0 unspecified atom stereocenters. The normalized spacial score (nSPS) is 10.7. The lowest BCUT2D eigenvalue weighted by molar-refractivity contribution is 0.455. The van der Waals surface area contributed by atoms with Crippen LogP contribution in [0.3, 0.4) is 0 Å². The van der Waals surface area contributed by atoms with Crippen LogP contribution >= 0.6 is 15.9 Å². The van der Waals surface area contributed by atoms with E-state index in [1.165, 1.54) is 0 Å². The molecule has 0 aliphatic rings. The van der Waals surface area contributed by atoms with Gasteiger partial charge in [0.15, 0.2) is 0 Å². The van der Waals surface area contributed by atoms with E-state index in [0.717, 1.165) is 21.7 Å². The van der Waals surface area contributed by atoms with E-state index in [-0.39, 0.29) is 5.92 Å². The molecule has 1 aromatic carbocycles. The highest BCUT2D eigenvalue weighted by molar-refractivity contribution is 9.10. The monoisotopic (exact) mass is 306 g/mol. The maximum atomic E-state index is 5.75. The fourth-order valence-electron chi connectivity index (χ4n) is 1.52. The highest BCUT2D eigenvalue weighted by Crippen LogP contribution is 2.24. The molecule has 0 bridgehead atoms. The van der Waals surface area contributed by atoms with Gasteiger partial charge in [-0.25, -0.2) is 4.98 Å². The maximum Gasteiger partial charge on any atom is 0.223 e. The summed E-state index contributed by atoms with van der Waals surface area (Å²) in [5.74, 6) is 2.39. The molecule has 18 heavy (non-hydrogen) atoms. The molecule has 1 aromatic heterocycles. The van der Waals surface area contributed by atoms with Gasteiger partial charge in [-0.05, 0) is 40.5 Å². The Balaban J connectivity index is 2.29. The van der Waals surface area contributed by atoms with Crippen molar-refractivity contribution in [3.63, 3.8) is 0 Å². The summed E-state index contributed by atoms with van der Waals surface area (Å²) < 4.78 is 6.49. The van der Waals surface area contributed by atoms with Gasteiger partial charge in [-0.3, -0.25) is 0 Å². The average Bonchev–Trinajstić information content (AvgIpc) is 2.28. The summed E-state index contributed by atoms with van der Waals surface area (Å²) in [7, 11) is 0. The minimum Gasteiger partial charge on any atom is -0.439 e. The highest BCUT2D eigenvalue weighted by atomic mass is 79.9. The minimum atomic E-state index is 0.266. The number of nitrogens with zero attached hydrogens (tertiary/aromatic N) is 2. The molecule has 0 fully saturated rings. The second-order valence-corrected chi connectivity index (χ2v) is 5.27. The van der Waals surface area contributed by atoms with Crippen molar-refractivity contribution in [1.29, 1.82) is 0 Å². The highest BCUT2D eigenvalue weighted by Gasteiger charge is 2.08. The van der Waals surface area contributed by atoms with Gasteiger partial charge in [-0.15, -0.1) is 0 Å². The number of hydrogen-bond donors (Lipinski definition) is 0. The van der Waals surface area contributed by atoms with Gasteiger partial charge in [0.1, 0.15) is 16.2 Å². The Labute approximate surface area is 115 Å². The van der Waals surface area contributed by atoms with Crippen LogP contribution in [0, 0.1) is 6.92 Å². The van der Waals surface area contributed by atoms with Gasteiger partial charge in [0, 0.05) is 12.0 Å². The number of aryl methyl sites for hydroxylation is 1. The molecule has 3 nitrogen and oxygen atoms in total.